The van der Waals surface area contributed by atoms with Crippen LogP contribution < -0.4 is 11.1 Å². The highest BCUT2D eigenvalue weighted by Crippen LogP contribution is 2.24. The standard InChI is InChI=1S/C12H18N4O/c1-16(10-3-4-10)7-6-14-12(17)11-5-2-9(13)8-15-11/h2,5,8,10H,3-4,6-7,13H2,1H3,(H,14,17). The third-order valence-corrected chi connectivity index (χ3v) is 2.94. The van der Waals surface area contributed by atoms with E-state index in [4.69, 9.17) is 5.73 Å². The van der Waals surface area contributed by atoms with Gasteiger partial charge in [-0.3, -0.25) is 4.79 Å². The van der Waals surface area contributed by atoms with Crippen molar-refractivity contribution < 1.29 is 4.79 Å². The maximum absolute atomic E-state index is 11.7. The summed E-state index contributed by atoms with van der Waals surface area (Å²) in [6.07, 6.45) is 4.05. The van der Waals surface area contributed by atoms with Crippen molar-refractivity contribution >= 4 is 11.6 Å². The highest BCUT2D eigenvalue weighted by atomic mass is 16.1. The van der Waals surface area contributed by atoms with Gasteiger partial charge in [0.1, 0.15) is 5.69 Å². The molecule has 0 atom stereocenters. The maximum Gasteiger partial charge on any atom is 0.269 e. The number of hydrogen-bond donors (Lipinski definition) is 2. The first-order chi connectivity index (χ1) is 8.16. The van der Waals surface area contributed by atoms with Crippen LogP contribution in [0.15, 0.2) is 18.3 Å². The van der Waals surface area contributed by atoms with Crippen molar-refractivity contribution in [3.05, 3.63) is 24.0 Å². The van der Waals surface area contributed by atoms with E-state index in [2.05, 4.69) is 22.2 Å². The van der Waals surface area contributed by atoms with Gasteiger partial charge in [0.2, 0.25) is 0 Å². The fraction of sp³-hybridized carbons (Fsp3) is 0.500. The number of amides is 1. The van der Waals surface area contributed by atoms with Crippen molar-refractivity contribution in [3.8, 4) is 0 Å². The molecule has 0 aliphatic heterocycles. The number of hydrogen-bond acceptors (Lipinski definition) is 4. The van der Waals surface area contributed by atoms with Crippen LogP contribution in [-0.4, -0.2) is 42.0 Å². The Morgan fingerprint density at radius 2 is 2.35 bits per heavy atom. The van der Waals surface area contributed by atoms with Gasteiger partial charge in [-0.25, -0.2) is 4.98 Å². The number of pyridine rings is 1. The summed E-state index contributed by atoms with van der Waals surface area (Å²) in [6, 6.07) is 4.04. The van der Waals surface area contributed by atoms with Crippen molar-refractivity contribution in [1.82, 2.24) is 15.2 Å². The van der Waals surface area contributed by atoms with Crippen molar-refractivity contribution in [1.29, 1.82) is 0 Å². The summed E-state index contributed by atoms with van der Waals surface area (Å²) < 4.78 is 0. The Bertz CT molecular complexity index is 386. The Morgan fingerprint density at radius 3 is 2.94 bits per heavy atom. The molecular weight excluding hydrogens is 216 g/mol. The van der Waals surface area contributed by atoms with Crippen LogP contribution in [0.4, 0.5) is 5.69 Å². The summed E-state index contributed by atoms with van der Waals surface area (Å²) in [5.74, 6) is -0.144. The van der Waals surface area contributed by atoms with Gasteiger partial charge in [-0.2, -0.15) is 0 Å². The monoisotopic (exact) mass is 234 g/mol. The second-order valence-corrected chi connectivity index (χ2v) is 4.44. The Balaban J connectivity index is 1.74. The van der Waals surface area contributed by atoms with Crippen LogP contribution in [0.25, 0.3) is 0 Å². The van der Waals surface area contributed by atoms with E-state index in [9.17, 15) is 4.79 Å². The minimum absolute atomic E-state index is 0.144. The van der Waals surface area contributed by atoms with Crippen molar-refractivity contribution in [2.45, 2.75) is 18.9 Å². The second kappa shape index (κ2) is 5.14. The molecule has 1 aliphatic carbocycles. The van der Waals surface area contributed by atoms with E-state index in [0.29, 0.717) is 17.9 Å². The number of aromatic nitrogens is 1. The van der Waals surface area contributed by atoms with Gasteiger partial charge in [0, 0.05) is 19.1 Å². The molecule has 1 amide bonds. The minimum Gasteiger partial charge on any atom is -0.397 e. The molecule has 0 aromatic carbocycles. The number of anilines is 1. The zero-order chi connectivity index (χ0) is 12.3. The second-order valence-electron chi connectivity index (χ2n) is 4.44. The van der Waals surface area contributed by atoms with Gasteiger partial charge in [-0.05, 0) is 32.0 Å². The molecular formula is C12H18N4O. The minimum atomic E-state index is -0.144. The molecule has 92 valence electrons. The van der Waals surface area contributed by atoms with Gasteiger partial charge in [0.05, 0.1) is 11.9 Å². The van der Waals surface area contributed by atoms with E-state index in [0.717, 1.165) is 12.6 Å². The van der Waals surface area contributed by atoms with Gasteiger partial charge >= 0.3 is 0 Å². The molecule has 1 aromatic rings. The highest BCUT2D eigenvalue weighted by Gasteiger charge is 2.25. The summed E-state index contributed by atoms with van der Waals surface area (Å²) >= 11 is 0. The number of nitrogens with two attached hydrogens (primary N) is 1. The average molecular weight is 234 g/mol. The third-order valence-electron chi connectivity index (χ3n) is 2.94. The van der Waals surface area contributed by atoms with Crippen molar-refractivity contribution in [2.75, 3.05) is 25.9 Å². The molecule has 2 rings (SSSR count). The van der Waals surface area contributed by atoms with Crippen molar-refractivity contribution in [3.63, 3.8) is 0 Å². The van der Waals surface area contributed by atoms with E-state index in [1.54, 1.807) is 12.1 Å². The van der Waals surface area contributed by atoms with Crippen LogP contribution >= 0.6 is 0 Å². The first-order valence-corrected chi connectivity index (χ1v) is 5.87. The Hall–Kier alpha value is -1.62. The smallest absolute Gasteiger partial charge is 0.269 e. The number of nitrogens with zero attached hydrogens (tertiary/aromatic N) is 2. The first kappa shape index (κ1) is 11.9. The zero-order valence-electron chi connectivity index (χ0n) is 10.0. The van der Waals surface area contributed by atoms with Crippen LogP contribution in [0.5, 0.6) is 0 Å². The first-order valence-electron chi connectivity index (χ1n) is 5.87. The number of likely N-dealkylation sites (N-methyl/N-ethyl adjacent to an activating group) is 1. The van der Waals surface area contributed by atoms with E-state index >= 15 is 0 Å². The van der Waals surface area contributed by atoms with Crippen LogP contribution in [0.3, 0.4) is 0 Å². The van der Waals surface area contributed by atoms with Gasteiger partial charge in [-0.1, -0.05) is 0 Å². The lowest BCUT2D eigenvalue weighted by Crippen LogP contribution is -2.34. The van der Waals surface area contributed by atoms with E-state index in [1.807, 2.05) is 0 Å². The van der Waals surface area contributed by atoms with Gasteiger partial charge < -0.3 is 16.0 Å². The average Bonchev–Trinajstić information content (AvgIpc) is 3.13. The number of carbonyl (C=O) groups is 1. The van der Waals surface area contributed by atoms with Crippen LogP contribution in [0.2, 0.25) is 0 Å². The van der Waals surface area contributed by atoms with Crippen LogP contribution in [0.1, 0.15) is 23.3 Å². The normalized spacial score (nSPS) is 14.9. The molecule has 17 heavy (non-hydrogen) atoms. The van der Waals surface area contributed by atoms with Gasteiger partial charge in [-0.15, -0.1) is 0 Å². The molecule has 0 bridgehead atoms. The highest BCUT2D eigenvalue weighted by molar-refractivity contribution is 5.92. The molecule has 1 aromatic heterocycles. The summed E-state index contributed by atoms with van der Waals surface area (Å²) in [7, 11) is 2.09. The molecule has 0 saturated heterocycles. The lowest BCUT2D eigenvalue weighted by atomic mass is 10.3. The zero-order valence-corrected chi connectivity index (χ0v) is 10.0. The topological polar surface area (TPSA) is 71.2 Å². The van der Waals surface area contributed by atoms with Crippen molar-refractivity contribution in [2.24, 2.45) is 0 Å². The predicted molar refractivity (Wildman–Crippen MR) is 66.6 cm³/mol. The number of carbonyl (C=O) groups excluding carboxylic acids is 1. The Labute approximate surface area is 101 Å². The van der Waals surface area contributed by atoms with E-state index in [-0.39, 0.29) is 5.91 Å². The molecule has 3 N–H and O–H groups in total. The lowest BCUT2D eigenvalue weighted by Gasteiger charge is -2.15. The van der Waals surface area contributed by atoms with Crippen LogP contribution in [0, 0.1) is 0 Å². The maximum atomic E-state index is 11.7. The molecule has 1 fully saturated rings. The number of rotatable bonds is 5. The molecule has 1 aliphatic rings. The van der Waals surface area contributed by atoms with E-state index < -0.39 is 0 Å². The number of nitrogen functional groups attached to an aromatic ring is 1. The van der Waals surface area contributed by atoms with E-state index in [1.165, 1.54) is 19.0 Å². The number of nitrogens with one attached hydrogen (secondary N) is 1. The fourth-order valence-corrected chi connectivity index (χ4v) is 1.67. The SMILES string of the molecule is CN(CCNC(=O)c1ccc(N)cn1)C1CC1. The predicted octanol–water partition coefficient (Wildman–Crippen LogP) is 0.488. The third kappa shape index (κ3) is 3.42. The van der Waals surface area contributed by atoms with Gasteiger partial charge in [0.25, 0.3) is 5.91 Å². The molecule has 1 saturated carbocycles. The molecule has 5 nitrogen and oxygen atoms in total. The Kier molecular flexibility index (Phi) is 3.58. The largest absolute Gasteiger partial charge is 0.397 e. The fourth-order valence-electron chi connectivity index (χ4n) is 1.67. The summed E-state index contributed by atoms with van der Waals surface area (Å²) in [5, 5.41) is 2.85. The molecule has 0 spiro atoms. The summed E-state index contributed by atoms with van der Waals surface area (Å²) in [6.45, 7) is 1.53. The Morgan fingerprint density at radius 1 is 1.59 bits per heavy atom. The molecule has 1 heterocycles. The molecule has 5 heteroatoms. The summed E-state index contributed by atoms with van der Waals surface area (Å²) in [5.41, 5.74) is 6.48. The summed E-state index contributed by atoms with van der Waals surface area (Å²) in [4.78, 5) is 17.9. The van der Waals surface area contributed by atoms with Gasteiger partial charge in [0.15, 0.2) is 0 Å². The van der Waals surface area contributed by atoms with Crippen LogP contribution in [-0.2, 0) is 0 Å². The molecule has 0 unspecified atom stereocenters. The quantitative estimate of drug-likeness (QED) is 0.777. The molecule has 0 radical (unpaired) electrons. The lowest BCUT2D eigenvalue weighted by molar-refractivity contribution is 0.0944.